The Balaban J connectivity index is 1.55. The fourth-order valence-corrected chi connectivity index (χ4v) is 2.96. The van der Waals surface area contributed by atoms with Gasteiger partial charge in [0.1, 0.15) is 5.76 Å². The van der Waals surface area contributed by atoms with Crippen molar-refractivity contribution in [2.45, 2.75) is 50.2 Å². The van der Waals surface area contributed by atoms with Crippen molar-refractivity contribution in [1.29, 1.82) is 0 Å². The van der Waals surface area contributed by atoms with Crippen molar-refractivity contribution >= 4 is 5.91 Å². The maximum atomic E-state index is 12.5. The largest absolute Gasteiger partial charge is 0.467 e. The van der Waals surface area contributed by atoms with Crippen LogP contribution in [0.3, 0.4) is 0 Å². The zero-order valence-electron chi connectivity index (χ0n) is 12.0. The second kappa shape index (κ2) is 5.72. The van der Waals surface area contributed by atoms with E-state index in [4.69, 9.17) is 10.8 Å². The van der Waals surface area contributed by atoms with Gasteiger partial charge in [0.05, 0.1) is 12.3 Å². The first kappa shape index (κ1) is 13.9. The summed E-state index contributed by atoms with van der Waals surface area (Å²) >= 11 is 0. The number of hydrogen-bond donors (Lipinski definition) is 0. The monoisotopic (exact) mass is 285 g/mol. The second-order valence-corrected chi connectivity index (χ2v) is 5.65. The molecule has 0 radical (unpaired) electrons. The Labute approximate surface area is 124 Å². The highest BCUT2D eigenvalue weighted by Gasteiger charge is 2.40. The third-order valence-corrected chi connectivity index (χ3v) is 4.24. The zero-order valence-corrected chi connectivity index (χ0v) is 12.0. The summed E-state index contributed by atoms with van der Waals surface area (Å²) in [4.78, 5) is 14.4. The number of hydrogen-bond acceptors (Lipinski definition) is 4. The van der Waals surface area contributed by atoms with E-state index in [0.29, 0.717) is 19.3 Å². The van der Waals surface area contributed by atoms with Gasteiger partial charge in [-0.05, 0) is 25.0 Å². The van der Waals surface area contributed by atoms with Gasteiger partial charge in [0.2, 0.25) is 5.91 Å². The van der Waals surface area contributed by atoms with Crippen LogP contribution in [-0.2, 0) is 4.79 Å². The molecule has 1 aromatic rings. The van der Waals surface area contributed by atoms with Crippen molar-refractivity contribution in [2.75, 3.05) is 6.54 Å². The fourth-order valence-electron chi connectivity index (χ4n) is 2.96. The van der Waals surface area contributed by atoms with Gasteiger partial charge < -0.3 is 9.32 Å². The summed E-state index contributed by atoms with van der Waals surface area (Å²) in [6, 6.07) is 3.89. The molecule has 21 heavy (non-hydrogen) atoms. The van der Waals surface area contributed by atoms with Crippen LogP contribution in [-0.4, -0.2) is 23.0 Å². The molecule has 0 saturated carbocycles. The van der Waals surface area contributed by atoms with Gasteiger partial charge in [-0.1, -0.05) is 0 Å². The van der Waals surface area contributed by atoms with E-state index in [1.54, 1.807) is 6.26 Å². The van der Waals surface area contributed by atoms with Gasteiger partial charge in [0.15, 0.2) is 5.66 Å². The molecule has 1 aromatic heterocycles. The molecular weight excluding hydrogens is 266 g/mol. The quantitative estimate of drug-likeness (QED) is 0.753. The minimum Gasteiger partial charge on any atom is -0.467 e. The number of likely N-dealkylation sites (tertiary alicyclic amines) is 1. The van der Waals surface area contributed by atoms with E-state index >= 15 is 0 Å². The van der Waals surface area contributed by atoms with Gasteiger partial charge in [0, 0.05) is 32.2 Å². The van der Waals surface area contributed by atoms with E-state index in [1.165, 1.54) is 0 Å². The highest BCUT2D eigenvalue weighted by atomic mass is 16.3. The molecule has 2 aliphatic heterocycles. The average Bonchev–Trinajstić information content (AvgIpc) is 2.94. The third-order valence-electron chi connectivity index (χ3n) is 4.24. The smallest absolute Gasteiger partial charge is 0.223 e. The summed E-state index contributed by atoms with van der Waals surface area (Å²) in [7, 11) is 0. The number of amides is 1. The van der Waals surface area contributed by atoms with Gasteiger partial charge in [-0.25, -0.2) is 0 Å². The van der Waals surface area contributed by atoms with Crippen molar-refractivity contribution < 1.29 is 9.21 Å². The average molecular weight is 285 g/mol. The summed E-state index contributed by atoms with van der Waals surface area (Å²) in [6.45, 7) is 0.801. The molecule has 2 aliphatic rings. The Morgan fingerprint density at radius 3 is 3.05 bits per heavy atom. The number of carbonyl (C=O) groups is 1. The standard InChI is InChI=1S/C16H19N3O2/c1-2-3-9-16(17-18-16)10-8-15(20)19-11-4-6-13(19)14-7-5-12-21-14/h1,5,7,12-13H,3-4,6,8-11H2. The summed E-state index contributed by atoms with van der Waals surface area (Å²) in [5.74, 6) is 3.64. The number of nitrogens with zero attached hydrogens (tertiary/aromatic N) is 3. The van der Waals surface area contributed by atoms with E-state index in [0.717, 1.165) is 31.6 Å². The minimum atomic E-state index is -0.373. The second-order valence-electron chi connectivity index (χ2n) is 5.65. The predicted molar refractivity (Wildman–Crippen MR) is 77.3 cm³/mol. The molecule has 0 N–H and O–H groups in total. The van der Waals surface area contributed by atoms with Crippen LogP contribution in [0.4, 0.5) is 0 Å². The summed E-state index contributed by atoms with van der Waals surface area (Å²) in [5, 5.41) is 8.16. The SMILES string of the molecule is C#CCCC1(CCC(=O)N2CCCC2c2ccco2)N=N1. The fraction of sp³-hybridized carbons (Fsp3) is 0.562. The number of furan rings is 1. The third kappa shape index (κ3) is 2.99. The highest BCUT2D eigenvalue weighted by Crippen LogP contribution is 2.39. The van der Waals surface area contributed by atoms with Crippen molar-refractivity contribution in [3.8, 4) is 12.3 Å². The van der Waals surface area contributed by atoms with Crippen LogP contribution in [0.5, 0.6) is 0 Å². The molecule has 1 saturated heterocycles. The van der Waals surface area contributed by atoms with Gasteiger partial charge in [-0.2, -0.15) is 10.2 Å². The first-order valence-corrected chi connectivity index (χ1v) is 7.44. The van der Waals surface area contributed by atoms with E-state index < -0.39 is 0 Å². The Morgan fingerprint density at radius 2 is 2.38 bits per heavy atom. The Kier molecular flexibility index (Phi) is 3.78. The van der Waals surface area contributed by atoms with Crippen LogP contribution in [0.15, 0.2) is 33.0 Å². The van der Waals surface area contributed by atoms with E-state index in [9.17, 15) is 4.79 Å². The first-order chi connectivity index (χ1) is 10.2. The Bertz CT molecular complexity index is 565. The zero-order chi connectivity index (χ0) is 14.7. The summed E-state index contributed by atoms with van der Waals surface area (Å²) in [6.07, 6.45) is 11.5. The van der Waals surface area contributed by atoms with Crippen LogP contribution in [0, 0.1) is 12.3 Å². The van der Waals surface area contributed by atoms with Crippen molar-refractivity contribution in [2.24, 2.45) is 10.2 Å². The molecule has 0 spiro atoms. The highest BCUT2D eigenvalue weighted by molar-refractivity contribution is 5.77. The molecule has 3 heterocycles. The molecule has 0 aliphatic carbocycles. The predicted octanol–water partition coefficient (Wildman–Crippen LogP) is 3.30. The van der Waals surface area contributed by atoms with E-state index in [2.05, 4.69) is 16.1 Å². The normalized spacial score (nSPS) is 22.2. The molecule has 5 heteroatoms. The van der Waals surface area contributed by atoms with Crippen LogP contribution < -0.4 is 0 Å². The van der Waals surface area contributed by atoms with E-state index in [1.807, 2.05) is 17.0 Å². The maximum absolute atomic E-state index is 12.5. The molecule has 1 fully saturated rings. The lowest BCUT2D eigenvalue weighted by molar-refractivity contribution is -0.132. The molecule has 1 unspecified atom stereocenters. The van der Waals surface area contributed by atoms with Gasteiger partial charge >= 0.3 is 0 Å². The maximum Gasteiger partial charge on any atom is 0.223 e. The van der Waals surface area contributed by atoms with Crippen molar-refractivity contribution in [3.05, 3.63) is 24.2 Å². The molecule has 0 bridgehead atoms. The van der Waals surface area contributed by atoms with Crippen molar-refractivity contribution in [1.82, 2.24) is 4.90 Å². The van der Waals surface area contributed by atoms with Gasteiger partial charge in [-0.15, -0.1) is 12.3 Å². The van der Waals surface area contributed by atoms with Crippen LogP contribution >= 0.6 is 0 Å². The molecular formula is C16H19N3O2. The van der Waals surface area contributed by atoms with Gasteiger partial charge in [-0.3, -0.25) is 4.79 Å². The van der Waals surface area contributed by atoms with Crippen LogP contribution in [0.1, 0.15) is 50.3 Å². The lowest BCUT2D eigenvalue weighted by atomic mass is 10.0. The van der Waals surface area contributed by atoms with Crippen LogP contribution in [0.2, 0.25) is 0 Å². The summed E-state index contributed by atoms with van der Waals surface area (Å²) in [5.41, 5.74) is -0.373. The van der Waals surface area contributed by atoms with E-state index in [-0.39, 0.29) is 17.6 Å². The summed E-state index contributed by atoms with van der Waals surface area (Å²) < 4.78 is 5.46. The first-order valence-electron chi connectivity index (χ1n) is 7.44. The van der Waals surface area contributed by atoms with Gasteiger partial charge in [0.25, 0.3) is 0 Å². The molecule has 110 valence electrons. The Morgan fingerprint density at radius 1 is 1.52 bits per heavy atom. The molecule has 1 atom stereocenters. The lowest BCUT2D eigenvalue weighted by Crippen LogP contribution is -2.31. The van der Waals surface area contributed by atoms with Crippen LogP contribution in [0.25, 0.3) is 0 Å². The molecule has 1 amide bonds. The minimum absolute atomic E-state index is 0.0854. The molecule has 3 rings (SSSR count). The van der Waals surface area contributed by atoms with Crippen molar-refractivity contribution in [3.63, 3.8) is 0 Å². The molecule has 0 aromatic carbocycles. The number of terminal acetylenes is 1. The number of carbonyl (C=O) groups excluding carboxylic acids is 1. The molecule has 5 nitrogen and oxygen atoms in total. The topological polar surface area (TPSA) is 58.2 Å². The number of rotatable bonds is 6. The Hall–Kier alpha value is -2.09. The lowest BCUT2D eigenvalue weighted by Gasteiger charge is -2.23.